The fraction of sp³-hybridized carbons (Fsp3) is 0. The normalized spacial score (nSPS) is 10.5. The summed E-state index contributed by atoms with van der Waals surface area (Å²) in [5.74, 6) is -0.349. The Morgan fingerprint density at radius 1 is 1.11 bits per heavy atom. The number of rotatable bonds is 3. The Morgan fingerprint density at radius 3 is 2.63 bits per heavy atom. The minimum absolute atomic E-state index is 0.0114. The van der Waals surface area contributed by atoms with Crippen LogP contribution >= 0.6 is 0 Å². The highest BCUT2D eigenvalue weighted by Gasteiger charge is 2.04. The highest BCUT2D eigenvalue weighted by molar-refractivity contribution is 5.95. The van der Waals surface area contributed by atoms with Gasteiger partial charge < -0.3 is 10.2 Å². The Kier molecular flexibility index (Phi) is 3.78. The van der Waals surface area contributed by atoms with E-state index in [-0.39, 0.29) is 11.5 Å². The van der Waals surface area contributed by atoms with Crippen LogP contribution in [0, 0.1) is 0 Å². The van der Waals surface area contributed by atoms with Crippen molar-refractivity contribution >= 4 is 12.1 Å². The van der Waals surface area contributed by atoms with Crippen LogP contribution in [0.5, 0.6) is 11.5 Å². The van der Waals surface area contributed by atoms with Gasteiger partial charge in [0.1, 0.15) is 11.5 Å². The Balaban J connectivity index is 2.03. The largest absolute Gasteiger partial charge is 0.508 e. The van der Waals surface area contributed by atoms with Gasteiger partial charge in [-0.3, -0.25) is 4.79 Å². The highest BCUT2D eigenvalue weighted by atomic mass is 16.3. The molecule has 19 heavy (non-hydrogen) atoms. The topological polar surface area (TPSA) is 81.9 Å². The number of nitrogens with one attached hydrogen (secondary N) is 1. The van der Waals surface area contributed by atoms with Crippen LogP contribution in [0.4, 0.5) is 0 Å². The Morgan fingerprint density at radius 2 is 1.89 bits per heavy atom. The number of para-hydroxylation sites is 1. The Hall–Kier alpha value is -2.82. The summed E-state index contributed by atoms with van der Waals surface area (Å²) in [5.41, 5.74) is 3.11. The number of carbonyl (C=O) groups is 1. The molecule has 0 saturated heterocycles. The number of carbonyl (C=O) groups excluding carboxylic acids is 1. The zero-order chi connectivity index (χ0) is 13.7. The smallest absolute Gasteiger partial charge is 0.271 e. The number of amides is 1. The molecule has 0 spiro atoms. The highest BCUT2D eigenvalue weighted by Crippen LogP contribution is 2.13. The van der Waals surface area contributed by atoms with Crippen LogP contribution in [0.1, 0.15) is 15.9 Å². The zero-order valence-electron chi connectivity index (χ0n) is 9.95. The number of hydrogen-bond donors (Lipinski definition) is 3. The molecule has 0 aliphatic heterocycles. The van der Waals surface area contributed by atoms with Crippen molar-refractivity contribution in [2.75, 3.05) is 0 Å². The molecule has 0 bridgehead atoms. The van der Waals surface area contributed by atoms with E-state index in [9.17, 15) is 15.0 Å². The van der Waals surface area contributed by atoms with Gasteiger partial charge in [-0.2, -0.15) is 5.10 Å². The summed E-state index contributed by atoms with van der Waals surface area (Å²) in [6, 6.07) is 12.6. The summed E-state index contributed by atoms with van der Waals surface area (Å²) < 4.78 is 0. The second-order valence-corrected chi connectivity index (χ2v) is 3.81. The van der Waals surface area contributed by atoms with Crippen LogP contribution < -0.4 is 5.43 Å². The molecule has 5 heteroatoms. The first kappa shape index (κ1) is 12.6. The van der Waals surface area contributed by atoms with Crippen molar-refractivity contribution in [2.24, 2.45) is 5.10 Å². The molecule has 0 aromatic heterocycles. The van der Waals surface area contributed by atoms with Gasteiger partial charge in [-0.05, 0) is 30.3 Å². The van der Waals surface area contributed by atoms with E-state index in [0.717, 1.165) is 0 Å². The van der Waals surface area contributed by atoms with Crippen LogP contribution in [0.2, 0.25) is 0 Å². The predicted molar refractivity (Wildman–Crippen MR) is 71.3 cm³/mol. The molecule has 1 amide bonds. The molecule has 0 heterocycles. The Bertz CT molecular complexity index is 624. The third kappa shape index (κ3) is 3.32. The zero-order valence-corrected chi connectivity index (χ0v) is 9.95. The molecule has 5 nitrogen and oxygen atoms in total. The van der Waals surface area contributed by atoms with Crippen LogP contribution in [-0.2, 0) is 0 Å². The molecule has 2 rings (SSSR count). The lowest BCUT2D eigenvalue weighted by Crippen LogP contribution is -2.17. The fourth-order valence-electron chi connectivity index (χ4n) is 1.47. The number of phenols is 2. The minimum Gasteiger partial charge on any atom is -0.508 e. The molecular formula is C14H12N2O3. The number of hydrazone groups is 1. The summed E-state index contributed by atoms with van der Waals surface area (Å²) in [4.78, 5) is 11.7. The maximum Gasteiger partial charge on any atom is 0.271 e. The van der Waals surface area contributed by atoms with Crippen molar-refractivity contribution in [1.29, 1.82) is 0 Å². The molecule has 0 fully saturated rings. The molecular weight excluding hydrogens is 244 g/mol. The number of nitrogens with zero attached hydrogens (tertiary/aromatic N) is 1. The summed E-state index contributed by atoms with van der Waals surface area (Å²) in [7, 11) is 0. The maximum absolute atomic E-state index is 11.7. The number of hydrogen-bond acceptors (Lipinski definition) is 4. The van der Waals surface area contributed by atoms with Crippen LogP contribution in [-0.4, -0.2) is 22.3 Å². The van der Waals surface area contributed by atoms with Crippen LogP contribution in [0.3, 0.4) is 0 Å². The van der Waals surface area contributed by atoms with Gasteiger partial charge in [0.05, 0.1) is 6.21 Å². The molecule has 0 aliphatic rings. The third-order valence-electron chi connectivity index (χ3n) is 2.41. The summed E-state index contributed by atoms with van der Waals surface area (Å²) in [6.45, 7) is 0. The fourth-order valence-corrected chi connectivity index (χ4v) is 1.47. The van der Waals surface area contributed by atoms with Gasteiger partial charge in [-0.25, -0.2) is 5.43 Å². The van der Waals surface area contributed by atoms with E-state index in [2.05, 4.69) is 10.5 Å². The number of benzene rings is 2. The molecule has 0 atom stereocenters. The lowest BCUT2D eigenvalue weighted by atomic mass is 10.2. The van der Waals surface area contributed by atoms with Gasteiger partial charge in [0.25, 0.3) is 5.91 Å². The van der Waals surface area contributed by atoms with E-state index < -0.39 is 5.91 Å². The molecule has 0 radical (unpaired) electrons. The lowest BCUT2D eigenvalue weighted by Gasteiger charge is -2.00. The Labute approximate surface area is 109 Å². The van der Waals surface area contributed by atoms with Gasteiger partial charge >= 0.3 is 0 Å². The average molecular weight is 256 g/mol. The summed E-state index contributed by atoms with van der Waals surface area (Å²) in [6.07, 6.45) is 1.34. The summed E-state index contributed by atoms with van der Waals surface area (Å²) >= 11 is 0. The van der Waals surface area contributed by atoms with E-state index in [0.29, 0.717) is 11.1 Å². The standard InChI is InChI=1S/C14H12N2O3/c17-12-6-3-5-10(8-12)14(19)16-15-9-11-4-1-2-7-13(11)18/h1-9,17-18H,(H,16,19)/b15-9-. The molecule has 0 saturated carbocycles. The van der Waals surface area contributed by atoms with E-state index in [1.807, 2.05) is 0 Å². The van der Waals surface area contributed by atoms with Crippen molar-refractivity contribution in [3.05, 3.63) is 59.7 Å². The van der Waals surface area contributed by atoms with Crippen molar-refractivity contribution < 1.29 is 15.0 Å². The maximum atomic E-state index is 11.7. The van der Waals surface area contributed by atoms with E-state index in [1.165, 1.54) is 24.4 Å². The molecule has 0 unspecified atom stereocenters. The SMILES string of the molecule is O=C(N/N=C\c1ccccc1O)c1cccc(O)c1. The van der Waals surface area contributed by atoms with E-state index in [4.69, 9.17) is 0 Å². The first-order valence-electron chi connectivity index (χ1n) is 5.57. The quantitative estimate of drug-likeness (QED) is 0.579. The monoisotopic (exact) mass is 256 g/mol. The van der Waals surface area contributed by atoms with Crippen LogP contribution in [0.15, 0.2) is 53.6 Å². The van der Waals surface area contributed by atoms with E-state index in [1.54, 1.807) is 30.3 Å². The molecule has 2 aromatic carbocycles. The van der Waals surface area contributed by atoms with Crippen LogP contribution in [0.25, 0.3) is 0 Å². The van der Waals surface area contributed by atoms with Gasteiger partial charge in [-0.1, -0.05) is 18.2 Å². The first-order chi connectivity index (χ1) is 9.16. The molecule has 0 aliphatic carbocycles. The second kappa shape index (κ2) is 5.68. The summed E-state index contributed by atoms with van der Waals surface area (Å²) in [5, 5.41) is 22.5. The van der Waals surface area contributed by atoms with Gasteiger partial charge in [-0.15, -0.1) is 0 Å². The molecule has 96 valence electrons. The molecule has 3 N–H and O–H groups in total. The van der Waals surface area contributed by atoms with Gasteiger partial charge in [0, 0.05) is 11.1 Å². The van der Waals surface area contributed by atoms with Crippen molar-refractivity contribution in [3.63, 3.8) is 0 Å². The van der Waals surface area contributed by atoms with E-state index >= 15 is 0 Å². The third-order valence-corrected chi connectivity index (χ3v) is 2.41. The predicted octanol–water partition coefficient (Wildman–Crippen LogP) is 1.86. The first-order valence-corrected chi connectivity index (χ1v) is 5.57. The van der Waals surface area contributed by atoms with Crippen molar-refractivity contribution in [2.45, 2.75) is 0 Å². The van der Waals surface area contributed by atoms with Gasteiger partial charge in [0.2, 0.25) is 0 Å². The lowest BCUT2D eigenvalue weighted by molar-refractivity contribution is 0.0954. The van der Waals surface area contributed by atoms with Gasteiger partial charge in [0.15, 0.2) is 0 Å². The average Bonchev–Trinajstić information content (AvgIpc) is 2.41. The second-order valence-electron chi connectivity index (χ2n) is 3.81. The van der Waals surface area contributed by atoms with Crippen molar-refractivity contribution in [3.8, 4) is 11.5 Å². The number of aromatic hydroxyl groups is 2. The van der Waals surface area contributed by atoms with Crippen molar-refractivity contribution in [1.82, 2.24) is 5.43 Å². The number of phenolic OH excluding ortho intramolecular Hbond substituents is 2. The molecule has 2 aromatic rings. The minimum atomic E-state index is -0.442.